The summed E-state index contributed by atoms with van der Waals surface area (Å²) in [7, 11) is 0. The molecule has 0 bridgehead atoms. The quantitative estimate of drug-likeness (QED) is 0.891. The summed E-state index contributed by atoms with van der Waals surface area (Å²) in [6.07, 6.45) is 3.93. The van der Waals surface area contributed by atoms with Crippen molar-refractivity contribution < 1.29 is 9.59 Å². The van der Waals surface area contributed by atoms with Crippen molar-refractivity contribution >= 4 is 23.2 Å². The van der Waals surface area contributed by atoms with Gasteiger partial charge in [-0.2, -0.15) is 0 Å². The van der Waals surface area contributed by atoms with Crippen molar-refractivity contribution in [1.82, 2.24) is 0 Å². The Morgan fingerprint density at radius 3 is 2.62 bits per heavy atom. The molecule has 2 aliphatic rings. The summed E-state index contributed by atoms with van der Waals surface area (Å²) in [6, 6.07) is 14.4. The molecule has 4 rings (SSSR count). The Bertz CT molecular complexity index is 830. The zero-order valence-electron chi connectivity index (χ0n) is 14.7. The molecule has 1 heterocycles. The first-order valence-corrected chi connectivity index (χ1v) is 9.19. The van der Waals surface area contributed by atoms with E-state index in [0.717, 1.165) is 49.0 Å². The number of fused-ring (bicyclic) bond motifs is 1. The number of benzene rings is 2. The van der Waals surface area contributed by atoms with E-state index in [1.807, 2.05) is 53.4 Å². The highest BCUT2D eigenvalue weighted by atomic mass is 16.2. The predicted molar refractivity (Wildman–Crippen MR) is 102 cm³/mol. The molecule has 0 aromatic heterocycles. The minimum Gasteiger partial charge on any atom is -0.324 e. The second kappa shape index (κ2) is 6.92. The molecule has 0 unspecified atom stereocenters. The number of nitrogens with one attached hydrogen (secondary N) is 1. The van der Waals surface area contributed by atoms with Gasteiger partial charge >= 0.3 is 0 Å². The highest BCUT2D eigenvalue weighted by molar-refractivity contribution is 5.99. The fraction of sp³-hybridized carbons (Fsp3) is 0.333. The first kappa shape index (κ1) is 16.8. The minimum atomic E-state index is -0.726. The third-order valence-electron chi connectivity index (χ3n) is 5.11. The lowest BCUT2D eigenvalue weighted by atomic mass is 10.00. The molecule has 5 nitrogen and oxygen atoms in total. The van der Waals surface area contributed by atoms with Crippen LogP contribution in [0.5, 0.6) is 0 Å². The normalized spacial score (nSPS) is 17.3. The number of hydrogen-bond donors (Lipinski definition) is 2. The summed E-state index contributed by atoms with van der Waals surface area (Å²) in [5.41, 5.74) is 9.61. The number of rotatable bonds is 4. The third-order valence-corrected chi connectivity index (χ3v) is 5.11. The fourth-order valence-electron chi connectivity index (χ4n) is 3.46. The number of anilines is 2. The van der Waals surface area contributed by atoms with Crippen molar-refractivity contribution in [3.8, 4) is 0 Å². The van der Waals surface area contributed by atoms with E-state index in [1.165, 1.54) is 0 Å². The summed E-state index contributed by atoms with van der Waals surface area (Å²) < 4.78 is 0. The van der Waals surface area contributed by atoms with E-state index in [9.17, 15) is 9.59 Å². The molecule has 1 saturated carbocycles. The first-order valence-electron chi connectivity index (χ1n) is 9.19. The topological polar surface area (TPSA) is 75.4 Å². The average molecular weight is 349 g/mol. The van der Waals surface area contributed by atoms with Crippen LogP contribution in [0.2, 0.25) is 0 Å². The maximum Gasteiger partial charge on any atom is 0.245 e. The molecule has 1 atom stereocenters. The van der Waals surface area contributed by atoms with E-state index in [-0.39, 0.29) is 17.7 Å². The highest BCUT2D eigenvalue weighted by Crippen LogP contribution is 2.37. The number of nitrogens with two attached hydrogens (primary N) is 1. The Labute approximate surface area is 153 Å². The van der Waals surface area contributed by atoms with Crippen molar-refractivity contribution in [2.24, 2.45) is 11.7 Å². The van der Waals surface area contributed by atoms with Gasteiger partial charge in [-0.15, -0.1) is 0 Å². The summed E-state index contributed by atoms with van der Waals surface area (Å²) >= 11 is 0. The predicted octanol–water partition coefficient (Wildman–Crippen LogP) is 3.01. The fourth-order valence-corrected chi connectivity index (χ4v) is 3.46. The van der Waals surface area contributed by atoms with Crippen LogP contribution < -0.4 is 16.0 Å². The van der Waals surface area contributed by atoms with Crippen LogP contribution in [0.4, 0.5) is 11.4 Å². The number of aryl methyl sites for hydroxylation is 1. The van der Waals surface area contributed by atoms with Crippen molar-refractivity contribution in [3.05, 3.63) is 59.7 Å². The van der Waals surface area contributed by atoms with Gasteiger partial charge < -0.3 is 16.0 Å². The summed E-state index contributed by atoms with van der Waals surface area (Å²) in [5, 5.41) is 2.89. The van der Waals surface area contributed by atoms with Gasteiger partial charge in [0.15, 0.2) is 0 Å². The Morgan fingerprint density at radius 2 is 1.88 bits per heavy atom. The van der Waals surface area contributed by atoms with E-state index in [2.05, 4.69) is 5.32 Å². The summed E-state index contributed by atoms with van der Waals surface area (Å²) in [5.74, 6) is 0.146. The van der Waals surface area contributed by atoms with E-state index in [0.29, 0.717) is 5.69 Å². The lowest BCUT2D eigenvalue weighted by molar-refractivity contribution is -0.120. The maximum absolute atomic E-state index is 12.6. The van der Waals surface area contributed by atoms with Crippen molar-refractivity contribution in [1.29, 1.82) is 0 Å². The third kappa shape index (κ3) is 3.35. The standard InChI is InChI=1S/C21H23N3O2/c22-19(15-5-2-1-3-6-15)20(25)23-17-11-10-14-7-4-12-24(18(14)13-17)21(26)16-8-9-16/h1-3,5-6,10-11,13,16,19H,4,7-9,12,22H2,(H,23,25)/t19-/m0/s1. The van der Waals surface area contributed by atoms with Gasteiger partial charge in [-0.05, 0) is 48.9 Å². The molecule has 1 aliphatic carbocycles. The van der Waals surface area contributed by atoms with Crippen molar-refractivity contribution in [3.63, 3.8) is 0 Å². The van der Waals surface area contributed by atoms with Crippen LogP contribution in [-0.2, 0) is 16.0 Å². The molecule has 134 valence electrons. The second-order valence-corrected chi connectivity index (χ2v) is 7.09. The lowest BCUT2D eigenvalue weighted by Crippen LogP contribution is -2.36. The van der Waals surface area contributed by atoms with Crippen LogP contribution in [0.25, 0.3) is 0 Å². The first-order chi connectivity index (χ1) is 12.6. The molecular weight excluding hydrogens is 326 g/mol. The van der Waals surface area contributed by atoms with Gasteiger partial charge in [-0.3, -0.25) is 9.59 Å². The molecule has 26 heavy (non-hydrogen) atoms. The summed E-state index contributed by atoms with van der Waals surface area (Å²) in [6.45, 7) is 0.753. The minimum absolute atomic E-state index is 0.186. The van der Waals surface area contributed by atoms with E-state index < -0.39 is 6.04 Å². The molecule has 0 spiro atoms. The smallest absolute Gasteiger partial charge is 0.245 e. The van der Waals surface area contributed by atoms with E-state index in [1.54, 1.807) is 0 Å². The molecule has 0 radical (unpaired) electrons. The molecular formula is C21H23N3O2. The molecule has 5 heteroatoms. The molecule has 3 N–H and O–H groups in total. The molecule has 1 aliphatic heterocycles. The van der Waals surface area contributed by atoms with E-state index in [4.69, 9.17) is 5.73 Å². The van der Waals surface area contributed by atoms with Crippen LogP contribution >= 0.6 is 0 Å². The van der Waals surface area contributed by atoms with Crippen LogP contribution in [0.3, 0.4) is 0 Å². The van der Waals surface area contributed by atoms with Gasteiger partial charge in [0, 0.05) is 23.8 Å². The van der Waals surface area contributed by atoms with Gasteiger partial charge in [0.2, 0.25) is 11.8 Å². The van der Waals surface area contributed by atoms with Gasteiger partial charge in [0.05, 0.1) is 0 Å². The van der Waals surface area contributed by atoms with Crippen molar-refractivity contribution in [2.45, 2.75) is 31.7 Å². The van der Waals surface area contributed by atoms with Gasteiger partial charge in [0.25, 0.3) is 0 Å². The zero-order valence-corrected chi connectivity index (χ0v) is 14.7. The molecule has 2 aromatic rings. The Kier molecular flexibility index (Phi) is 4.47. The Morgan fingerprint density at radius 1 is 1.12 bits per heavy atom. The monoisotopic (exact) mass is 349 g/mol. The van der Waals surface area contributed by atoms with Crippen LogP contribution in [0.1, 0.15) is 36.4 Å². The number of amides is 2. The average Bonchev–Trinajstić information content (AvgIpc) is 3.52. The number of hydrogen-bond acceptors (Lipinski definition) is 3. The highest BCUT2D eigenvalue weighted by Gasteiger charge is 2.35. The van der Waals surface area contributed by atoms with E-state index >= 15 is 0 Å². The molecule has 0 saturated heterocycles. The maximum atomic E-state index is 12.6. The Balaban J connectivity index is 1.53. The molecule has 2 amide bonds. The second-order valence-electron chi connectivity index (χ2n) is 7.09. The number of carbonyl (C=O) groups is 2. The van der Waals surface area contributed by atoms with Crippen molar-refractivity contribution in [2.75, 3.05) is 16.8 Å². The largest absolute Gasteiger partial charge is 0.324 e. The SMILES string of the molecule is N[C@H](C(=O)Nc1ccc2c(c1)N(C(=O)C1CC1)CCC2)c1ccccc1. The van der Waals surface area contributed by atoms with Crippen LogP contribution in [0, 0.1) is 5.92 Å². The van der Waals surface area contributed by atoms with Crippen LogP contribution in [-0.4, -0.2) is 18.4 Å². The zero-order chi connectivity index (χ0) is 18.1. The molecule has 2 aromatic carbocycles. The summed E-state index contributed by atoms with van der Waals surface area (Å²) in [4.78, 5) is 27.0. The Hall–Kier alpha value is -2.66. The van der Waals surface area contributed by atoms with Gasteiger partial charge in [-0.1, -0.05) is 36.4 Å². The number of carbonyl (C=O) groups excluding carboxylic acids is 2. The van der Waals surface area contributed by atoms with Gasteiger partial charge in [-0.25, -0.2) is 0 Å². The molecule has 1 fully saturated rings. The van der Waals surface area contributed by atoms with Crippen LogP contribution in [0.15, 0.2) is 48.5 Å². The van der Waals surface area contributed by atoms with Gasteiger partial charge in [0.1, 0.15) is 6.04 Å². The lowest BCUT2D eigenvalue weighted by Gasteiger charge is -2.30. The number of nitrogens with zero attached hydrogens (tertiary/aromatic N) is 1.